The Balaban J connectivity index is 1.23. The van der Waals surface area contributed by atoms with Crippen LogP contribution in [0.3, 0.4) is 0 Å². The van der Waals surface area contributed by atoms with Crippen LogP contribution in [0.1, 0.15) is 47.9 Å². The van der Waals surface area contributed by atoms with Crippen LogP contribution < -0.4 is 5.73 Å². The lowest BCUT2D eigenvalue weighted by Crippen LogP contribution is -2.45. The van der Waals surface area contributed by atoms with Gasteiger partial charge in [-0.25, -0.2) is 0 Å². The van der Waals surface area contributed by atoms with Crippen LogP contribution >= 0.6 is 0 Å². The maximum absolute atomic E-state index is 11.4. The van der Waals surface area contributed by atoms with Gasteiger partial charge in [-0.15, -0.1) is 0 Å². The molecule has 32 heavy (non-hydrogen) atoms. The van der Waals surface area contributed by atoms with Gasteiger partial charge in [-0.1, -0.05) is 54.6 Å². The van der Waals surface area contributed by atoms with Crippen LogP contribution in [0.15, 0.2) is 54.6 Å². The van der Waals surface area contributed by atoms with E-state index >= 15 is 0 Å². The first-order valence-corrected chi connectivity index (χ1v) is 12.3. The second-order valence-corrected chi connectivity index (χ2v) is 9.68. The summed E-state index contributed by atoms with van der Waals surface area (Å²) in [5.74, 6) is -0.0342. The summed E-state index contributed by atoms with van der Waals surface area (Å²) >= 11 is 0. The number of benzene rings is 2. The zero-order chi connectivity index (χ0) is 21.9. The molecule has 4 nitrogen and oxygen atoms in total. The number of amides is 1. The van der Waals surface area contributed by atoms with Crippen LogP contribution in [0.5, 0.6) is 0 Å². The van der Waals surface area contributed by atoms with Crippen molar-refractivity contribution in [3.63, 3.8) is 0 Å². The molecule has 2 N–H and O–H groups in total. The maximum Gasteiger partial charge on any atom is 0.220 e. The lowest BCUT2D eigenvalue weighted by atomic mass is 9.93. The number of nitrogens with two attached hydrogens (primary N) is 1. The number of piperidine rings is 1. The standard InChI is InChI=1S/C28H35N3O/c29-28(32)23-13-18-31(19-14-23)24-15-17-30(20-24)16-5-10-27-25-8-3-1-6-21(25)11-12-22-7-2-4-9-26(22)27/h1-4,6-10,23-24H,5,11-20H2,(H2,29,32). The summed E-state index contributed by atoms with van der Waals surface area (Å²) < 4.78 is 0. The predicted octanol–water partition coefficient (Wildman–Crippen LogP) is 3.88. The molecule has 5 rings (SSSR count). The molecule has 2 aromatic rings. The smallest absolute Gasteiger partial charge is 0.220 e. The molecule has 1 unspecified atom stereocenters. The maximum atomic E-state index is 11.4. The number of likely N-dealkylation sites (tertiary alicyclic amines) is 2. The molecule has 0 spiro atoms. The minimum Gasteiger partial charge on any atom is -0.369 e. The normalized spacial score (nSPS) is 22.2. The van der Waals surface area contributed by atoms with Gasteiger partial charge in [0.15, 0.2) is 0 Å². The molecular formula is C28H35N3O. The third-order valence-corrected chi connectivity index (χ3v) is 7.77. The second-order valence-electron chi connectivity index (χ2n) is 9.68. The van der Waals surface area contributed by atoms with E-state index in [-0.39, 0.29) is 11.8 Å². The zero-order valence-corrected chi connectivity index (χ0v) is 19.0. The van der Waals surface area contributed by atoms with Crippen molar-refractivity contribution in [2.45, 2.75) is 44.6 Å². The van der Waals surface area contributed by atoms with Crippen LogP contribution in [0.25, 0.3) is 5.57 Å². The van der Waals surface area contributed by atoms with Crippen LogP contribution in [0.2, 0.25) is 0 Å². The number of hydrogen-bond acceptors (Lipinski definition) is 3. The fourth-order valence-corrected chi connectivity index (χ4v) is 5.89. The van der Waals surface area contributed by atoms with E-state index in [9.17, 15) is 4.79 Å². The van der Waals surface area contributed by atoms with Crippen LogP contribution in [-0.4, -0.2) is 54.5 Å². The van der Waals surface area contributed by atoms with E-state index in [1.54, 1.807) is 0 Å². The Morgan fingerprint density at radius 1 is 0.906 bits per heavy atom. The predicted molar refractivity (Wildman–Crippen MR) is 130 cm³/mol. The Morgan fingerprint density at radius 3 is 2.16 bits per heavy atom. The number of hydrogen-bond donors (Lipinski definition) is 1. The molecule has 1 amide bonds. The van der Waals surface area contributed by atoms with E-state index in [1.165, 1.54) is 40.8 Å². The first kappa shape index (κ1) is 21.4. The molecule has 0 radical (unpaired) electrons. The van der Waals surface area contributed by atoms with Gasteiger partial charge in [0.2, 0.25) is 5.91 Å². The number of carbonyl (C=O) groups excluding carboxylic acids is 1. The highest BCUT2D eigenvalue weighted by Gasteiger charge is 2.31. The lowest BCUT2D eigenvalue weighted by Gasteiger charge is -2.35. The van der Waals surface area contributed by atoms with Gasteiger partial charge in [0.25, 0.3) is 0 Å². The monoisotopic (exact) mass is 429 g/mol. The summed E-state index contributed by atoms with van der Waals surface area (Å²) in [5, 5.41) is 0. The van der Waals surface area contributed by atoms with Gasteiger partial charge in [-0.2, -0.15) is 0 Å². The van der Waals surface area contributed by atoms with Crippen LogP contribution in [-0.2, 0) is 17.6 Å². The highest BCUT2D eigenvalue weighted by atomic mass is 16.1. The van der Waals surface area contributed by atoms with E-state index in [0.717, 1.165) is 58.3 Å². The van der Waals surface area contributed by atoms with Gasteiger partial charge < -0.3 is 10.6 Å². The Labute approximate surface area is 192 Å². The highest BCUT2D eigenvalue weighted by molar-refractivity contribution is 5.83. The van der Waals surface area contributed by atoms with Crippen molar-refractivity contribution in [3.8, 4) is 0 Å². The van der Waals surface area contributed by atoms with Crippen molar-refractivity contribution < 1.29 is 4.79 Å². The van der Waals surface area contributed by atoms with E-state index in [2.05, 4.69) is 64.4 Å². The minimum atomic E-state index is -0.118. The van der Waals surface area contributed by atoms with E-state index in [4.69, 9.17) is 5.73 Å². The Morgan fingerprint density at radius 2 is 1.53 bits per heavy atom. The van der Waals surface area contributed by atoms with Gasteiger partial charge in [-0.3, -0.25) is 9.69 Å². The van der Waals surface area contributed by atoms with Crippen LogP contribution in [0, 0.1) is 5.92 Å². The van der Waals surface area contributed by atoms with Gasteiger partial charge in [0.05, 0.1) is 0 Å². The number of nitrogens with zero attached hydrogens (tertiary/aromatic N) is 2. The van der Waals surface area contributed by atoms with E-state index in [1.807, 2.05) is 0 Å². The number of aryl methyl sites for hydroxylation is 2. The zero-order valence-electron chi connectivity index (χ0n) is 19.0. The van der Waals surface area contributed by atoms with Crippen molar-refractivity contribution in [1.29, 1.82) is 0 Å². The molecule has 2 heterocycles. The quantitative estimate of drug-likeness (QED) is 0.785. The SMILES string of the molecule is NC(=O)C1CCN(C2CCN(CCC=C3c4ccccc4CCc4ccccc43)C2)CC1. The third kappa shape index (κ3) is 4.53. The van der Waals surface area contributed by atoms with Gasteiger partial charge in [0, 0.05) is 25.0 Å². The topological polar surface area (TPSA) is 49.6 Å². The minimum absolute atomic E-state index is 0.0840. The van der Waals surface area contributed by atoms with Gasteiger partial charge >= 0.3 is 0 Å². The van der Waals surface area contributed by atoms with Crippen molar-refractivity contribution >= 4 is 11.5 Å². The molecule has 2 aromatic carbocycles. The van der Waals surface area contributed by atoms with E-state index < -0.39 is 0 Å². The lowest BCUT2D eigenvalue weighted by molar-refractivity contribution is -0.123. The van der Waals surface area contributed by atoms with Crippen molar-refractivity contribution in [1.82, 2.24) is 9.80 Å². The summed E-state index contributed by atoms with van der Waals surface area (Å²) in [6, 6.07) is 18.5. The molecule has 0 saturated carbocycles. The molecule has 2 saturated heterocycles. The van der Waals surface area contributed by atoms with Crippen molar-refractivity contribution in [2.75, 3.05) is 32.7 Å². The molecule has 3 aliphatic rings. The number of primary amides is 1. The molecule has 1 atom stereocenters. The summed E-state index contributed by atoms with van der Waals surface area (Å²) in [6.07, 6.45) is 8.88. The summed E-state index contributed by atoms with van der Waals surface area (Å²) in [4.78, 5) is 16.7. The largest absolute Gasteiger partial charge is 0.369 e. The number of fused-ring (bicyclic) bond motifs is 2. The Bertz CT molecular complexity index is 940. The summed E-state index contributed by atoms with van der Waals surface area (Å²) in [5.41, 5.74) is 12.7. The average molecular weight is 430 g/mol. The van der Waals surface area contributed by atoms with Crippen molar-refractivity contribution in [3.05, 3.63) is 76.9 Å². The average Bonchev–Trinajstić information content (AvgIpc) is 3.24. The van der Waals surface area contributed by atoms with Crippen molar-refractivity contribution in [2.24, 2.45) is 11.7 Å². The van der Waals surface area contributed by atoms with Gasteiger partial charge in [-0.05, 0) is 86.0 Å². The molecule has 168 valence electrons. The Kier molecular flexibility index (Phi) is 6.42. The molecule has 0 bridgehead atoms. The Hall–Kier alpha value is -2.43. The van der Waals surface area contributed by atoms with E-state index in [0.29, 0.717) is 6.04 Å². The molecule has 0 aromatic heterocycles. The molecule has 4 heteroatoms. The number of rotatable bonds is 5. The summed E-state index contributed by atoms with van der Waals surface area (Å²) in [7, 11) is 0. The molecule has 2 aliphatic heterocycles. The first-order valence-electron chi connectivity index (χ1n) is 12.3. The fourth-order valence-electron chi connectivity index (χ4n) is 5.89. The molecule has 1 aliphatic carbocycles. The highest BCUT2D eigenvalue weighted by Crippen LogP contribution is 2.34. The number of carbonyl (C=O) groups is 1. The second kappa shape index (κ2) is 9.60. The first-order chi connectivity index (χ1) is 15.7. The fraction of sp³-hybridized carbons (Fsp3) is 0.464. The van der Waals surface area contributed by atoms with Gasteiger partial charge in [0.1, 0.15) is 0 Å². The van der Waals surface area contributed by atoms with Crippen LogP contribution in [0.4, 0.5) is 0 Å². The molecular weight excluding hydrogens is 394 g/mol. The third-order valence-electron chi connectivity index (χ3n) is 7.77. The molecule has 2 fully saturated rings. The summed E-state index contributed by atoms with van der Waals surface area (Å²) in [6.45, 7) is 5.48.